The summed E-state index contributed by atoms with van der Waals surface area (Å²) in [4.78, 5) is 17.3. The number of carbonyl (C=O) groups excluding carboxylic acids is 1. The zero-order valence-electron chi connectivity index (χ0n) is 21.5. The number of nitrogens with zero attached hydrogens (tertiary/aromatic N) is 1. The smallest absolute Gasteiger partial charge is 0.417 e. The van der Waals surface area contributed by atoms with E-state index in [1.165, 1.54) is 14.0 Å². The molecule has 210 valence electrons. The molecule has 3 rings (SSSR count). The second-order valence-corrected chi connectivity index (χ2v) is 9.81. The van der Waals surface area contributed by atoms with Crippen molar-refractivity contribution in [2.75, 3.05) is 19.5 Å². The third kappa shape index (κ3) is 5.06. The van der Waals surface area contributed by atoms with Crippen molar-refractivity contribution in [1.82, 2.24) is 4.98 Å². The maximum absolute atomic E-state index is 14.6. The molecular weight excluding hydrogens is 520 g/mol. The maximum Gasteiger partial charge on any atom is 0.417 e. The Morgan fingerprint density at radius 3 is 2.37 bits per heavy atom. The molecule has 1 aliphatic heterocycles. The highest BCUT2D eigenvalue weighted by Gasteiger charge is 2.66. The number of methoxy groups -OCH3 is 2. The van der Waals surface area contributed by atoms with E-state index in [2.05, 4.69) is 10.3 Å². The van der Waals surface area contributed by atoms with E-state index in [4.69, 9.17) is 19.9 Å². The van der Waals surface area contributed by atoms with Crippen LogP contribution in [0.1, 0.15) is 50.9 Å². The van der Waals surface area contributed by atoms with E-state index < -0.39 is 76.2 Å². The van der Waals surface area contributed by atoms with Crippen LogP contribution in [0.15, 0.2) is 24.4 Å². The third-order valence-corrected chi connectivity index (χ3v) is 7.30. The van der Waals surface area contributed by atoms with E-state index in [-0.39, 0.29) is 11.3 Å². The molecule has 1 amide bonds. The molecule has 0 radical (unpaired) electrons. The van der Waals surface area contributed by atoms with Gasteiger partial charge in [-0.05, 0) is 32.9 Å². The molecule has 2 heterocycles. The normalized spacial score (nSPS) is 24.8. The van der Waals surface area contributed by atoms with E-state index in [0.29, 0.717) is 6.07 Å². The Morgan fingerprint density at radius 2 is 1.82 bits per heavy atom. The molecule has 7 nitrogen and oxygen atoms in total. The molecule has 2 aromatic rings. The van der Waals surface area contributed by atoms with Gasteiger partial charge in [-0.2, -0.15) is 17.6 Å². The lowest BCUT2D eigenvalue weighted by Gasteiger charge is -2.32. The minimum Gasteiger partial charge on any atom is -0.493 e. The molecule has 0 bridgehead atoms. The first kappa shape index (κ1) is 29.7. The van der Waals surface area contributed by atoms with Gasteiger partial charge in [0.25, 0.3) is 5.91 Å². The first-order valence-electron chi connectivity index (χ1n) is 11.5. The average Bonchev–Trinajstić information content (AvgIpc) is 3.13. The standard InChI is InChI=1S/C25H29F6N3O4/c1-11-17(12-7-8-13(26)18(28)19(12)36-5)20(38-24(11,4)25(29,30)31)22(35)34-15-9-16(33-10-14(15)27)21(32)23(2,3)37-6/h7-11,17,20-21H,32H2,1-6H3,(H,33,34,35)/t11-,17-,20+,21-,24+/m0/s1. The number of rotatable bonds is 7. The molecule has 38 heavy (non-hydrogen) atoms. The largest absolute Gasteiger partial charge is 0.493 e. The van der Waals surface area contributed by atoms with Crippen LogP contribution in [-0.4, -0.2) is 48.6 Å². The Bertz CT molecular complexity index is 1210. The van der Waals surface area contributed by atoms with Crippen molar-refractivity contribution in [3.8, 4) is 5.75 Å². The van der Waals surface area contributed by atoms with Crippen LogP contribution in [0.3, 0.4) is 0 Å². The maximum atomic E-state index is 14.6. The lowest BCUT2D eigenvalue weighted by molar-refractivity contribution is -0.272. The topological polar surface area (TPSA) is 95.7 Å². The highest BCUT2D eigenvalue weighted by Crippen LogP contribution is 2.55. The summed E-state index contributed by atoms with van der Waals surface area (Å²) >= 11 is 0. The number of aromatic nitrogens is 1. The summed E-state index contributed by atoms with van der Waals surface area (Å²) in [6, 6.07) is 2.01. The number of benzene rings is 1. The van der Waals surface area contributed by atoms with Crippen LogP contribution in [0.25, 0.3) is 0 Å². The Balaban J connectivity index is 2.07. The van der Waals surface area contributed by atoms with Crippen LogP contribution in [0.2, 0.25) is 0 Å². The third-order valence-electron chi connectivity index (χ3n) is 7.30. The van der Waals surface area contributed by atoms with E-state index in [1.54, 1.807) is 13.8 Å². The lowest BCUT2D eigenvalue weighted by Crippen LogP contribution is -2.47. The molecule has 0 saturated carbocycles. The van der Waals surface area contributed by atoms with Crippen molar-refractivity contribution in [3.05, 3.63) is 53.1 Å². The van der Waals surface area contributed by atoms with Crippen molar-refractivity contribution in [2.45, 2.75) is 63.1 Å². The summed E-state index contributed by atoms with van der Waals surface area (Å²) < 4.78 is 101. The number of amides is 1. The predicted octanol–water partition coefficient (Wildman–Crippen LogP) is 5.01. The molecule has 0 aliphatic carbocycles. The van der Waals surface area contributed by atoms with E-state index in [0.717, 1.165) is 32.4 Å². The Hall–Kier alpha value is -2.90. The molecule has 13 heteroatoms. The van der Waals surface area contributed by atoms with Crippen LogP contribution in [-0.2, 0) is 14.3 Å². The minimum atomic E-state index is -4.95. The number of alkyl halides is 3. The highest BCUT2D eigenvalue weighted by atomic mass is 19.4. The van der Waals surface area contributed by atoms with Gasteiger partial charge < -0.3 is 25.3 Å². The molecule has 0 unspecified atom stereocenters. The van der Waals surface area contributed by atoms with Gasteiger partial charge in [0.1, 0.15) is 6.10 Å². The zero-order chi connectivity index (χ0) is 28.8. The van der Waals surface area contributed by atoms with Gasteiger partial charge in [0.2, 0.25) is 5.82 Å². The van der Waals surface area contributed by atoms with Crippen LogP contribution in [0, 0.1) is 23.4 Å². The van der Waals surface area contributed by atoms with Crippen molar-refractivity contribution >= 4 is 11.6 Å². The van der Waals surface area contributed by atoms with Crippen LogP contribution in [0.4, 0.5) is 32.0 Å². The van der Waals surface area contributed by atoms with E-state index in [9.17, 15) is 31.1 Å². The van der Waals surface area contributed by atoms with Gasteiger partial charge in [0, 0.05) is 24.5 Å². The summed E-state index contributed by atoms with van der Waals surface area (Å²) in [7, 11) is 2.42. The molecule has 5 atom stereocenters. The Morgan fingerprint density at radius 1 is 1.18 bits per heavy atom. The van der Waals surface area contributed by atoms with Crippen molar-refractivity contribution in [2.24, 2.45) is 11.7 Å². The van der Waals surface area contributed by atoms with Crippen LogP contribution in [0.5, 0.6) is 5.75 Å². The number of nitrogens with one attached hydrogen (secondary N) is 1. The summed E-state index contributed by atoms with van der Waals surface area (Å²) in [5, 5.41) is 2.24. The van der Waals surface area contributed by atoms with Crippen molar-refractivity contribution < 1.29 is 45.3 Å². The Kier molecular flexibility index (Phi) is 8.07. The quantitative estimate of drug-likeness (QED) is 0.472. The van der Waals surface area contributed by atoms with Crippen molar-refractivity contribution in [3.63, 3.8) is 0 Å². The van der Waals surface area contributed by atoms with Crippen LogP contribution < -0.4 is 15.8 Å². The van der Waals surface area contributed by atoms with Gasteiger partial charge >= 0.3 is 6.18 Å². The van der Waals surface area contributed by atoms with Crippen LogP contribution >= 0.6 is 0 Å². The number of carbonyl (C=O) groups is 1. The molecule has 1 saturated heterocycles. The summed E-state index contributed by atoms with van der Waals surface area (Å²) in [6.45, 7) is 5.24. The fraction of sp³-hybridized carbons (Fsp3) is 0.520. The molecule has 3 N–H and O–H groups in total. The number of hydrogen-bond acceptors (Lipinski definition) is 6. The minimum absolute atomic E-state index is 0.133. The molecule has 0 spiro atoms. The fourth-order valence-corrected chi connectivity index (χ4v) is 4.45. The van der Waals surface area contributed by atoms with Gasteiger partial charge in [-0.3, -0.25) is 9.78 Å². The van der Waals surface area contributed by atoms with Crippen molar-refractivity contribution in [1.29, 1.82) is 0 Å². The SMILES string of the molecule is COc1c([C@H]2[C@H](C(=O)Nc3cc([C@H](N)C(C)(C)OC)ncc3F)O[C@@](C)(C(F)(F)F)[C@H]2C)ccc(F)c1F. The van der Waals surface area contributed by atoms with Gasteiger partial charge in [-0.1, -0.05) is 13.0 Å². The number of ether oxygens (including phenoxy) is 3. The molecule has 1 fully saturated rings. The van der Waals surface area contributed by atoms with E-state index in [1.807, 2.05) is 0 Å². The molecular formula is C25H29F6N3O4. The number of halogens is 6. The number of nitrogens with two attached hydrogens (primary N) is 1. The first-order valence-corrected chi connectivity index (χ1v) is 11.5. The van der Waals surface area contributed by atoms with Gasteiger partial charge in [0.15, 0.2) is 23.0 Å². The monoisotopic (exact) mass is 549 g/mol. The number of pyridine rings is 1. The number of hydrogen-bond donors (Lipinski definition) is 2. The second kappa shape index (κ2) is 10.3. The zero-order valence-corrected chi connectivity index (χ0v) is 21.5. The average molecular weight is 550 g/mol. The summed E-state index contributed by atoms with van der Waals surface area (Å²) in [6.07, 6.45) is -6.04. The van der Waals surface area contributed by atoms with Gasteiger partial charge in [-0.15, -0.1) is 0 Å². The molecule has 1 aromatic carbocycles. The second-order valence-electron chi connectivity index (χ2n) is 9.81. The lowest BCUT2D eigenvalue weighted by atomic mass is 9.77. The van der Waals surface area contributed by atoms with Gasteiger partial charge in [-0.25, -0.2) is 8.78 Å². The molecule has 1 aliphatic rings. The number of anilines is 1. The highest BCUT2D eigenvalue weighted by molar-refractivity contribution is 5.95. The Labute approximate surface area is 215 Å². The molecule has 1 aromatic heterocycles. The fourth-order valence-electron chi connectivity index (χ4n) is 4.45. The first-order chi connectivity index (χ1) is 17.5. The summed E-state index contributed by atoms with van der Waals surface area (Å²) in [5.41, 5.74) is 1.87. The summed E-state index contributed by atoms with van der Waals surface area (Å²) in [5.74, 6) is -8.46. The predicted molar refractivity (Wildman–Crippen MR) is 125 cm³/mol. The van der Waals surface area contributed by atoms with E-state index >= 15 is 0 Å². The van der Waals surface area contributed by atoms with Gasteiger partial charge in [0.05, 0.1) is 36.3 Å².